The van der Waals surface area contributed by atoms with E-state index in [1.165, 1.54) is 0 Å². The van der Waals surface area contributed by atoms with E-state index in [1.807, 2.05) is 18.3 Å². The van der Waals surface area contributed by atoms with Gasteiger partial charge in [-0.1, -0.05) is 6.07 Å². The molecule has 0 saturated carbocycles. The van der Waals surface area contributed by atoms with E-state index in [4.69, 9.17) is 34.4 Å². The number of ether oxygens (including phenoxy) is 1. The maximum atomic E-state index is 12.4. The first-order valence-electron chi connectivity index (χ1n) is 12.9. The average molecular weight is 695 g/mol. The molecule has 0 unspecified atom stereocenters. The van der Waals surface area contributed by atoms with Crippen molar-refractivity contribution < 1.29 is 78.7 Å². The molecule has 2 saturated heterocycles. The summed E-state index contributed by atoms with van der Waals surface area (Å²) < 4.78 is 101. The average Bonchev–Trinajstić information content (AvgIpc) is 3.34. The number of aliphatic carboxylic acids is 3. The Kier molecular flexibility index (Phi) is 15.0. The lowest BCUT2D eigenvalue weighted by molar-refractivity contribution is -0.193. The van der Waals surface area contributed by atoms with Crippen LogP contribution in [0.5, 0.6) is 0 Å². The van der Waals surface area contributed by atoms with Crippen molar-refractivity contribution in [3.63, 3.8) is 0 Å². The Morgan fingerprint density at radius 3 is 1.81 bits per heavy atom. The number of aromatic nitrogens is 2. The van der Waals surface area contributed by atoms with Gasteiger partial charge in [-0.3, -0.25) is 19.7 Å². The fourth-order valence-electron chi connectivity index (χ4n) is 3.99. The number of carbonyl (C=O) groups excluding carboxylic acids is 1. The van der Waals surface area contributed by atoms with Crippen LogP contribution in [-0.4, -0.2) is 104 Å². The molecule has 2 fully saturated rings. The van der Waals surface area contributed by atoms with Crippen LogP contribution in [0, 0.1) is 0 Å². The van der Waals surface area contributed by atoms with Crippen LogP contribution in [0.15, 0.2) is 48.9 Å². The molecule has 0 aromatic carbocycles. The van der Waals surface area contributed by atoms with Crippen molar-refractivity contribution in [2.45, 2.75) is 56.0 Å². The number of halogens is 9. The van der Waals surface area contributed by atoms with Gasteiger partial charge in [0.05, 0.1) is 11.3 Å². The van der Waals surface area contributed by atoms with Crippen molar-refractivity contribution in [3.05, 3.63) is 60.2 Å². The number of hydrogen-bond acceptors (Lipinski definition) is 8. The number of nitrogens with zero attached hydrogens (tertiary/aromatic N) is 3. The van der Waals surface area contributed by atoms with Gasteiger partial charge in [0.15, 0.2) is 0 Å². The standard InChI is InChI=1S/C20H24N4O2.3C2HF3O2/c25-19(16-4-9-21-10-5-16)23-17-6-12-26-20(13-17)7-11-24(15-20)14-18-3-1-2-8-22-18;3*3-2(4,5)1(6)7/h1-5,8-10,17H,6-7,11-15H2,(H,23,25);3*(H,6,7)/t17-,20-;;;/m1.../s1. The summed E-state index contributed by atoms with van der Waals surface area (Å²) >= 11 is 0. The maximum absolute atomic E-state index is 12.4. The van der Waals surface area contributed by atoms with Gasteiger partial charge in [-0.15, -0.1) is 0 Å². The normalized spacial score (nSPS) is 19.5. The molecule has 1 spiro atoms. The molecule has 2 aliphatic heterocycles. The van der Waals surface area contributed by atoms with E-state index >= 15 is 0 Å². The first-order valence-corrected chi connectivity index (χ1v) is 12.9. The monoisotopic (exact) mass is 694 g/mol. The van der Waals surface area contributed by atoms with Crippen LogP contribution in [0.2, 0.25) is 0 Å². The number of pyridine rings is 2. The molecule has 2 aromatic rings. The van der Waals surface area contributed by atoms with Crippen LogP contribution < -0.4 is 5.32 Å². The number of likely N-dealkylation sites (tertiary alicyclic amines) is 1. The van der Waals surface area contributed by atoms with Crippen LogP contribution in [-0.2, 0) is 25.7 Å². The summed E-state index contributed by atoms with van der Waals surface area (Å²) in [5, 5.41) is 24.5. The van der Waals surface area contributed by atoms with Crippen molar-refractivity contribution in [2.24, 2.45) is 0 Å². The fraction of sp³-hybridized carbons (Fsp3) is 0.462. The van der Waals surface area contributed by atoms with E-state index in [-0.39, 0.29) is 17.6 Å². The largest absolute Gasteiger partial charge is 0.490 e. The first-order chi connectivity index (χ1) is 21.6. The quantitative estimate of drug-likeness (QED) is 0.341. The highest BCUT2D eigenvalue weighted by molar-refractivity contribution is 5.94. The smallest absolute Gasteiger partial charge is 0.475 e. The second-order valence-electron chi connectivity index (χ2n) is 9.62. The molecule has 4 N–H and O–H groups in total. The molecule has 262 valence electrons. The maximum Gasteiger partial charge on any atom is 0.490 e. The number of nitrogens with one attached hydrogen (secondary N) is 1. The van der Waals surface area contributed by atoms with Gasteiger partial charge in [-0.05, 0) is 43.5 Å². The Hall–Kier alpha value is -4.53. The summed E-state index contributed by atoms with van der Waals surface area (Å²) in [7, 11) is 0. The molecule has 12 nitrogen and oxygen atoms in total. The minimum atomic E-state index is -5.08. The predicted molar refractivity (Wildman–Crippen MR) is 139 cm³/mol. The molecule has 1 amide bonds. The minimum Gasteiger partial charge on any atom is -0.475 e. The predicted octanol–water partition coefficient (Wildman–Crippen LogP) is 3.93. The van der Waals surface area contributed by atoms with Crippen molar-refractivity contribution in [1.29, 1.82) is 0 Å². The van der Waals surface area contributed by atoms with E-state index in [0.29, 0.717) is 12.2 Å². The highest BCUT2D eigenvalue weighted by atomic mass is 19.4. The van der Waals surface area contributed by atoms with Gasteiger partial charge >= 0.3 is 36.4 Å². The molecular formula is C26H27F9N4O8. The summed E-state index contributed by atoms with van der Waals surface area (Å²) in [5.41, 5.74) is 1.59. The highest BCUT2D eigenvalue weighted by Gasteiger charge is 2.44. The molecule has 4 rings (SSSR count). The molecular weight excluding hydrogens is 667 g/mol. The van der Waals surface area contributed by atoms with Crippen LogP contribution >= 0.6 is 0 Å². The lowest BCUT2D eigenvalue weighted by Crippen LogP contribution is -2.49. The zero-order valence-corrected chi connectivity index (χ0v) is 23.8. The van der Waals surface area contributed by atoms with E-state index in [2.05, 4.69) is 26.3 Å². The van der Waals surface area contributed by atoms with Gasteiger partial charge in [0.2, 0.25) is 0 Å². The lowest BCUT2D eigenvalue weighted by Gasteiger charge is -2.38. The van der Waals surface area contributed by atoms with E-state index in [1.54, 1.807) is 24.5 Å². The van der Waals surface area contributed by atoms with Crippen molar-refractivity contribution in [1.82, 2.24) is 20.2 Å². The van der Waals surface area contributed by atoms with Crippen molar-refractivity contribution in [3.8, 4) is 0 Å². The third-order valence-electron chi connectivity index (χ3n) is 6.01. The third kappa shape index (κ3) is 15.5. The van der Waals surface area contributed by atoms with Crippen LogP contribution in [0.4, 0.5) is 39.5 Å². The number of amides is 1. The summed E-state index contributed by atoms with van der Waals surface area (Å²) in [4.78, 5) is 49.9. The minimum absolute atomic E-state index is 0.0298. The summed E-state index contributed by atoms with van der Waals surface area (Å²) in [6, 6.07) is 9.66. The number of hydrogen-bond donors (Lipinski definition) is 4. The van der Waals surface area contributed by atoms with Gasteiger partial charge in [-0.25, -0.2) is 14.4 Å². The number of carboxylic acid groups (broad SMARTS) is 3. The van der Waals surface area contributed by atoms with Gasteiger partial charge in [-0.2, -0.15) is 39.5 Å². The third-order valence-corrected chi connectivity index (χ3v) is 6.01. The van der Waals surface area contributed by atoms with Gasteiger partial charge < -0.3 is 25.4 Å². The van der Waals surface area contributed by atoms with Crippen LogP contribution in [0.1, 0.15) is 35.3 Å². The number of carbonyl (C=O) groups is 4. The second-order valence-corrected chi connectivity index (χ2v) is 9.62. The first kappa shape index (κ1) is 40.5. The topological polar surface area (TPSA) is 179 Å². The molecule has 2 atom stereocenters. The number of rotatable bonds is 4. The Labute approximate surface area is 259 Å². The zero-order valence-electron chi connectivity index (χ0n) is 23.8. The molecule has 0 aliphatic carbocycles. The number of carboxylic acids is 3. The molecule has 4 heterocycles. The molecule has 21 heteroatoms. The highest BCUT2D eigenvalue weighted by Crippen LogP contribution is 2.35. The summed E-state index contributed by atoms with van der Waals surface area (Å²) in [6.07, 6.45) is -7.40. The SMILES string of the molecule is O=C(N[C@@H]1CCO[C@]2(CCN(Cc3ccccn3)C2)C1)c1ccncc1.O=C(O)C(F)(F)F.O=C(O)C(F)(F)F.O=C(O)C(F)(F)F. The zero-order chi connectivity index (χ0) is 36.1. The van der Waals surface area contributed by atoms with E-state index in [0.717, 1.165) is 44.6 Å². The van der Waals surface area contributed by atoms with Gasteiger partial charge in [0.25, 0.3) is 5.91 Å². The van der Waals surface area contributed by atoms with Crippen molar-refractivity contribution >= 4 is 23.8 Å². The Morgan fingerprint density at radius 2 is 1.36 bits per heavy atom. The Balaban J connectivity index is 0.000000430. The molecule has 47 heavy (non-hydrogen) atoms. The van der Waals surface area contributed by atoms with Crippen LogP contribution in [0.3, 0.4) is 0 Å². The van der Waals surface area contributed by atoms with E-state index in [9.17, 15) is 44.3 Å². The molecule has 2 aliphatic rings. The van der Waals surface area contributed by atoms with Gasteiger partial charge in [0, 0.05) is 56.4 Å². The molecule has 2 aromatic heterocycles. The molecule has 0 bridgehead atoms. The second kappa shape index (κ2) is 17.4. The fourth-order valence-corrected chi connectivity index (χ4v) is 3.99. The van der Waals surface area contributed by atoms with Gasteiger partial charge in [0.1, 0.15) is 0 Å². The number of alkyl halides is 9. The van der Waals surface area contributed by atoms with E-state index < -0.39 is 36.4 Å². The Morgan fingerprint density at radius 1 is 0.851 bits per heavy atom. The summed E-state index contributed by atoms with van der Waals surface area (Å²) in [5.74, 6) is -8.30. The Bertz CT molecular complexity index is 1260. The lowest BCUT2D eigenvalue weighted by atomic mass is 9.89. The van der Waals surface area contributed by atoms with Crippen molar-refractivity contribution in [2.75, 3.05) is 19.7 Å². The van der Waals surface area contributed by atoms with Crippen LogP contribution in [0.25, 0.3) is 0 Å². The molecule has 0 radical (unpaired) electrons. The summed E-state index contributed by atoms with van der Waals surface area (Å²) in [6.45, 7) is 3.44.